The van der Waals surface area contributed by atoms with Crippen LogP contribution in [0.25, 0.3) is 11.4 Å². The third-order valence-corrected chi connectivity index (χ3v) is 4.54. The Hall–Kier alpha value is -2.61. The van der Waals surface area contributed by atoms with E-state index in [1.807, 2.05) is 51.1 Å². The fraction of sp³-hybridized carbons (Fsp3) is 0.294. The maximum atomic E-state index is 12.4. The molecule has 130 valence electrons. The first-order valence-electron chi connectivity index (χ1n) is 8.03. The second-order valence-electron chi connectivity index (χ2n) is 5.84. The second-order valence-corrected chi connectivity index (χ2v) is 7.14. The monoisotopic (exact) mass is 356 g/mol. The number of hydrogen-bond acceptors (Lipinski definition) is 5. The van der Waals surface area contributed by atoms with E-state index >= 15 is 0 Å². The van der Waals surface area contributed by atoms with Gasteiger partial charge in [-0.05, 0) is 20.8 Å². The number of anilines is 1. The molecule has 3 aromatic rings. The highest BCUT2D eigenvalue weighted by Crippen LogP contribution is 2.23. The van der Waals surface area contributed by atoms with Crippen LogP contribution in [0.4, 0.5) is 5.82 Å². The number of nitrogens with one attached hydrogen (secondary N) is 2. The summed E-state index contributed by atoms with van der Waals surface area (Å²) in [5, 5.41) is 14.4. The first-order valence-corrected chi connectivity index (χ1v) is 8.91. The molecule has 0 bridgehead atoms. The lowest BCUT2D eigenvalue weighted by atomic mass is 10.2. The molecule has 8 heteroatoms. The molecule has 2 aromatic heterocycles. The first kappa shape index (κ1) is 17.2. The Morgan fingerprint density at radius 1 is 1.20 bits per heavy atom. The number of benzene rings is 1. The summed E-state index contributed by atoms with van der Waals surface area (Å²) in [7, 11) is 0. The number of nitrogens with zero attached hydrogens (tertiary/aromatic N) is 4. The van der Waals surface area contributed by atoms with Crippen molar-refractivity contribution in [2.75, 3.05) is 5.32 Å². The van der Waals surface area contributed by atoms with Gasteiger partial charge in [0.2, 0.25) is 11.1 Å². The van der Waals surface area contributed by atoms with Crippen LogP contribution >= 0.6 is 11.8 Å². The van der Waals surface area contributed by atoms with Crippen LogP contribution in [0.5, 0.6) is 0 Å². The van der Waals surface area contributed by atoms with Crippen molar-refractivity contribution >= 4 is 23.5 Å². The lowest BCUT2D eigenvalue weighted by molar-refractivity contribution is -0.115. The van der Waals surface area contributed by atoms with Crippen molar-refractivity contribution in [2.45, 2.75) is 37.2 Å². The van der Waals surface area contributed by atoms with Crippen LogP contribution in [-0.4, -0.2) is 36.1 Å². The lowest BCUT2D eigenvalue weighted by Gasteiger charge is -2.14. The van der Waals surface area contributed by atoms with Gasteiger partial charge >= 0.3 is 0 Å². The molecule has 2 heterocycles. The van der Waals surface area contributed by atoms with Crippen LogP contribution in [-0.2, 0) is 4.79 Å². The minimum Gasteiger partial charge on any atom is -0.310 e. The van der Waals surface area contributed by atoms with Crippen LogP contribution in [0.15, 0.2) is 47.8 Å². The topological polar surface area (TPSA) is 88.5 Å². The lowest BCUT2D eigenvalue weighted by Crippen LogP contribution is -2.24. The SMILES string of the molecule is CC(C)n1nccc1NC(=O)[C@@H](C)Sc1n[nH]c(-c2ccccc2)n1. The van der Waals surface area contributed by atoms with Gasteiger partial charge in [0.1, 0.15) is 5.82 Å². The van der Waals surface area contributed by atoms with E-state index in [-0.39, 0.29) is 17.2 Å². The summed E-state index contributed by atoms with van der Waals surface area (Å²) < 4.78 is 1.77. The summed E-state index contributed by atoms with van der Waals surface area (Å²) in [6, 6.07) is 11.7. The van der Waals surface area contributed by atoms with Gasteiger partial charge in [0, 0.05) is 17.7 Å². The second kappa shape index (κ2) is 7.52. The molecular weight excluding hydrogens is 336 g/mol. The van der Waals surface area contributed by atoms with Crippen LogP contribution in [0.1, 0.15) is 26.8 Å². The molecule has 0 aliphatic carbocycles. The molecule has 3 rings (SSSR count). The van der Waals surface area contributed by atoms with Crippen molar-refractivity contribution in [3.63, 3.8) is 0 Å². The summed E-state index contributed by atoms with van der Waals surface area (Å²) in [5.41, 5.74) is 0.958. The molecule has 0 radical (unpaired) electrons. The van der Waals surface area contributed by atoms with Crippen molar-refractivity contribution < 1.29 is 4.79 Å². The molecule has 1 atom stereocenters. The van der Waals surface area contributed by atoms with Gasteiger partial charge in [-0.15, -0.1) is 5.10 Å². The maximum Gasteiger partial charge on any atom is 0.238 e. The summed E-state index contributed by atoms with van der Waals surface area (Å²) in [5.74, 6) is 1.26. The van der Waals surface area contributed by atoms with Crippen molar-refractivity contribution in [1.29, 1.82) is 0 Å². The van der Waals surface area contributed by atoms with Crippen molar-refractivity contribution in [3.05, 3.63) is 42.6 Å². The molecule has 0 spiro atoms. The number of hydrogen-bond donors (Lipinski definition) is 2. The molecule has 1 aromatic carbocycles. The fourth-order valence-electron chi connectivity index (χ4n) is 2.29. The standard InChI is InChI=1S/C17H20N6OS/c1-11(2)23-14(9-10-18-23)19-16(24)12(3)25-17-20-15(21-22-17)13-7-5-4-6-8-13/h4-12H,1-3H3,(H,19,24)(H,20,21,22)/t12-/m1/s1. The Balaban J connectivity index is 1.64. The number of rotatable bonds is 6. The van der Waals surface area contributed by atoms with E-state index in [1.165, 1.54) is 11.8 Å². The van der Waals surface area contributed by atoms with Crippen LogP contribution in [0, 0.1) is 0 Å². The predicted octanol–water partition coefficient (Wildman–Crippen LogP) is 3.37. The van der Waals surface area contributed by atoms with Gasteiger partial charge in [0.05, 0.1) is 11.4 Å². The predicted molar refractivity (Wildman–Crippen MR) is 98.4 cm³/mol. The van der Waals surface area contributed by atoms with Gasteiger partial charge in [0.15, 0.2) is 5.82 Å². The van der Waals surface area contributed by atoms with Gasteiger partial charge in [-0.2, -0.15) is 5.10 Å². The summed E-state index contributed by atoms with van der Waals surface area (Å²) in [6.45, 7) is 5.85. The number of thioether (sulfide) groups is 1. The summed E-state index contributed by atoms with van der Waals surface area (Å²) in [4.78, 5) is 16.9. The zero-order valence-electron chi connectivity index (χ0n) is 14.3. The highest BCUT2D eigenvalue weighted by Gasteiger charge is 2.19. The smallest absolute Gasteiger partial charge is 0.238 e. The molecule has 0 fully saturated rings. The van der Waals surface area contributed by atoms with Crippen molar-refractivity contribution in [2.24, 2.45) is 0 Å². The quantitative estimate of drug-likeness (QED) is 0.661. The minimum absolute atomic E-state index is 0.113. The van der Waals surface area contributed by atoms with Crippen molar-refractivity contribution in [3.8, 4) is 11.4 Å². The molecule has 0 aliphatic heterocycles. The van der Waals surface area contributed by atoms with E-state index in [9.17, 15) is 4.79 Å². The molecule has 0 saturated heterocycles. The largest absolute Gasteiger partial charge is 0.310 e. The Bertz CT molecular complexity index is 842. The molecular formula is C17H20N6OS. The third-order valence-electron chi connectivity index (χ3n) is 3.57. The van der Waals surface area contributed by atoms with Gasteiger partial charge in [-0.1, -0.05) is 42.1 Å². The van der Waals surface area contributed by atoms with Crippen LogP contribution in [0.2, 0.25) is 0 Å². The molecule has 0 saturated carbocycles. The average Bonchev–Trinajstić information content (AvgIpc) is 3.25. The number of aromatic nitrogens is 5. The zero-order chi connectivity index (χ0) is 17.8. The zero-order valence-corrected chi connectivity index (χ0v) is 15.1. The maximum absolute atomic E-state index is 12.4. The van der Waals surface area contributed by atoms with Crippen molar-refractivity contribution in [1.82, 2.24) is 25.0 Å². The highest BCUT2D eigenvalue weighted by molar-refractivity contribution is 8.00. The Labute approximate surface area is 150 Å². The van der Waals surface area contributed by atoms with E-state index in [0.29, 0.717) is 16.8 Å². The Morgan fingerprint density at radius 3 is 2.68 bits per heavy atom. The molecule has 0 unspecified atom stereocenters. The van der Waals surface area contributed by atoms with E-state index in [4.69, 9.17) is 0 Å². The van der Waals surface area contributed by atoms with Crippen LogP contribution in [0.3, 0.4) is 0 Å². The summed E-state index contributed by atoms with van der Waals surface area (Å²) >= 11 is 1.31. The molecule has 1 amide bonds. The van der Waals surface area contributed by atoms with Gasteiger partial charge < -0.3 is 5.32 Å². The molecule has 25 heavy (non-hydrogen) atoms. The normalized spacial score (nSPS) is 12.3. The first-order chi connectivity index (χ1) is 12.0. The minimum atomic E-state index is -0.338. The van der Waals surface area contributed by atoms with E-state index < -0.39 is 0 Å². The highest BCUT2D eigenvalue weighted by atomic mass is 32.2. The van der Waals surface area contributed by atoms with E-state index in [1.54, 1.807) is 16.9 Å². The van der Waals surface area contributed by atoms with E-state index in [0.717, 1.165) is 5.56 Å². The molecule has 2 N–H and O–H groups in total. The Kier molecular flexibility index (Phi) is 5.18. The van der Waals surface area contributed by atoms with Crippen LogP contribution < -0.4 is 5.32 Å². The number of amides is 1. The fourth-order valence-corrected chi connectivity index (χ4v) is 3.01. The number of H-pyrrole nitrogens is 1. The number of carbonyl (C=O) groups excluding carboxylic acids is 1. The van der Waals surface area contributed by atoms with Gasteiger partial charge in [-0.25, -0.2) is 9.67 Å². The average molecular weight is 356 g/mol. The number of aromatic amines is 1. The van der Waals surface area contributed by atoms with E-state index in [2.05, 4.69) is 25.6 Å². The van der Waals surface area contributed by atoms with Gasteiger partial charge in [0.25, 0.3) is 0 Å². The Morgan fingerprint density at radius 2 is 1.96 bits per heavy atom. The van der Waals surface area contributed by atoms with Gasteiger partial charge in [-0.3, -0.25) is 9.89 Å². The number of carbonyl (C=O) groups is 1. The summed E-state index contributed by atoms with van der Waals surface area (Å²) in [6.07, 6.45) is 1.68. The molecule has 0 aliphatic rings. The third kappa shape index (κ3) is 4.08. The molecule has 7 nitrogen and oxygen atoms in total.